The Labute approximate surface area is 227 Å². The number of furan rings is 1. The number of thiazole rings is 1. The van der Waals surface area contributed by atoms with E-state index in [1.165, 1.54) is 23.1 Å². The summed E-state index contributed by atoms with van der Waals surface area (Å²) in [6.45, 7) is 4.09. The van der Waals surface area contributed by atoms with Crippen LogP contribution in [0, 0.1) is 13.8 Å². The summed E-state index contributed by atoms with van der Waals surface area (Å²) in [5, 5.41) is 10.2. The van der Waals surface area contributed by atoms with Crippen molar-refractivity contribution in [3.63, 3.8) is 0 Å². The maximum absolute atomic E-state index is 12.5. The number of nitrogens with one attached hydrogen (secondary N) is 2. The summed E-state index contributed by atoms with van der Waals surface area (Å²) in [5.74, 6) is 0.946. The number of nitrogens with zero attached hydrogens (tertiary/aromatic N) is 2. The van der Waals surface area contributed by atoms with E-state index in [2.05, 4.69) is 55.8 Å². The van der Waals surface area contributed by atoms with Gasteiger partial charge in [-0.05, 0) is 67.9 Å². The van der Waals surface area contributed by atoms with Gasteiger partial charge in [0.2, 0.25) is 0 Å². The molecule has 1 amide bonds. The molecule has 5 rings (SSSR count). The van der Waals surface area contributed by atoms with Crippen molar-refractivity contribution in [3.8, 4) is 22.6 Å². The van der Waals surface area contributed by atoms with Crippen molar-refractivity contribution in [2.75, 3.05) is 5.32 Å². The number of hydrogen-bond donors (Lipinski definition) is 2. The lowest BCUT2D eigenvalue weighted by Gasteiger charge is -2.03. The van der Waals surface area contributed by atoms with Crippen LogP contribution in [0.1, 0.15) is 27.2 Å². The first-order valence-electron chi connectivity index (χ1n) is 11.5. The first-order valence-corrected chi connectivity index (χ1v) is 13.2. The number of halogens is 1. The fraction of sp³-hybridized carbons (Fsp3) is 0.0690. The fourth-order valence-electron chi connectivity index (χ4n) is 3.62. The van der Waals surface area contributed by atoms with Crippen molar-refractivity contribution in [2.24, 2.45) is 5.10 Å². The van der Waals surface area contributed by atoms with Gasteiger partial charge in [0, 0.05) is 32.2 Å². The largest absolute Gasteiger partial charge is 0.455 e. The van der Waals surface area contributed by atoms with Crippen LogP contribution in [-0.2, 0) is 0 Å². The minimum absolute atomic E-state index is 0.309. The van der Waals surface area contributed by atoms with Gasteiger partial charge >= 0.3 is 0 Å². The molecule has 0 unspecified atom stereocenters. The molecule has 5 aromatic rings. The van der Waals surface area contributed by atoms with Crippen LogP contribution >= 0.6 is 27.3 Å². The second-order valence-corrected chi connectivity index (χ2v) is 10.2. The highest BCUT2D eigenvalue weighted by Crippen LogP contribution is 2.30. The highest BCUT2D eigenvalue weighted by atomic mass is 79.9. The van der Waals surface area contributed by atoms with E-state index >= 15 is 0 Å². The number of aromatic nitrogens is 1. The highest BCUT2D eigenvalue weighted by molar-refractivity contribution is 9.10. The third-order valence-corrected chi connectivity index (χ3v) is 7.04. The number of rotatable bonds is 7. The van der Waals surface area contributed by atoms with Crippen LogP contribution in [-0.4, -0.2) is 17.1 Å². The predicted octanol–water partition coefficient (Wildman–Crippen LogP) is 7.96. The summed E-state index contributed by atoms with van der Waals surface area (Å²) in [7, 11) is 0. The normalized spacial score (nSPS) is 11.1. The lowest BCUT2D eigenvalue weighted by atomic mass is 10.1. The van der Waals surface area contributed by atoms with Crippen molar-refractivity contribution in [1.29, 1.82) is 0 Å². The Balaban J connectivity index is 1.19. The molecule has 0 saturated heterocycles. The second kappa shape index (κ2) is 10.9. The number of carbonyl (C=O) groups excluding carboxylic acids is 1. The highest BCUT2D eigenvalue weighted by Gasteiger charge is 2.10. The molecule has 0 aliphatic heterocycles. The van der Waals surface area contributed by atoms with Gasteiger partial charge in [0.05, 0.1) is 11.9 Å². The summed E-state index contributed by atoms with van der Waals surface area (Å²) in [4.78, 5) is 17.2. The first kappa shape index (κ1) is 24.7. The van der Waals surface area contributed by atoms with Crippen LogP contribution in [0.5, 0.6) is 0 Å². The molecule has 0 saturated carbocycles. The molecular weight excluding hydrogens is 548 g/mol. The zero-order valence-electron chi connectivity index (χ0n) is 20.2. The smallest absolute Gasteiger partial charge is 0.271 e. The second-order valence-electron chi connectivity index (χ2n) is 8.49. The van der Waals surface area contributed by atoms with E-state index in [-0.39, 0.29) is 5.91 Å². The van der Waals surface area contributed by atoms with Crippen LogP contribution in [0.15, 0.2) is 98.2 Å². The number of aryl methyl sites for hydroxylation is 2. The summed E-state index contributed by atoms with van der Waals surface area (Å²) in [6.07, 6.45) is 1.48. The zero-order valence-corrected chi connectivity index (χ0v) is 22.6. The third-order valence-electron chi connectivity index (χ3n) is 5.62. The molecule has 3 aromatic carbocycles. The maximum atomic E-state index is 12.5. The van der Waals surface area contributed by atoms with Gasteiger partial charge < -0.3 is 9.73 Å². The van der Waals surface area contributed by atoms with Crippen LogP contribution in [0.3, 0.4) is 0 Å². The molecule has 0 bridgehead atoms. The molecule has 8 heteroatoms. The zero-order chi connectivity index (χ0) is 25.8. The van der Waals surface area contributed by atoms with E-state index < -0.39 is 0 Å². The van der Waals surface area contributed by atoms with Crippen molar-refractivity contribution in [2.45, 2.75) is 13.8 Å². The van der Waals surface area contributed by atoms with Crippen molar-refractivity contribution < 1.29 is 9.21 Å². The first-order chi connectivity index (χ1) is 17.9. The lowest BCUT2D eigenvalue weighted by Crippen LogP contribution is -2.17. The third kappa shape index (κ3) is 6.04. The Kier molecular flexibility index (Phi) is 7.30. The predicted molar refractivity (Wildman–Crippen MR) is 154 cm³/mol. The summed E-state index contributed by atoms with van der Waals surface area (Å²) in [5.41, 5.74) is 9.13. The van der Waals surface area contributed by atoms with Gasteiger partial charge in [0.15, 0.2) is 5.13 Å². The van der Waals surface area contributed by atoms with E-state index in [1.54, 1.807) is 12.1 Å². The Morgan fingerprint density at radius 3 is 2.49 bits per heavy atom. The minimum Gasteiger partial charge on any atom is -0.455 e. The summed E-state index contributed by atoms with van der Waals surface area (Å²) < 4.78 is 6.80. The molecule has 0 spiro atoms. The molecule has 2 N–H and O–H groups in total. The Hall–Kier alpha value is -4.01. The number of carbonyl (C=O) groups is 1. The van der Waals surface area contributed by atoms with Gasteiger partial charge in [0.25, 0.3) is 5.91 Å². The Morgan fingerprint density at radius 1 is 0.973 bits per heavy atom. The van der Waals surface area contributed by atoms with Crippen molar-refractivity contribution >= 4 is 50.2 Å². The van der Waals surface area contributed by atoms with Gasteiger partial charge in [-0.25, -0.2) is 10.4 Å². The van der Waals surface area contributed by atoms with Crippen LogP contribution in [0.25, 0.3) is 22.6 Å². The molecule has 37 heavy (non-hydrogen) atoms. The quantitative estimate of drug-likeness (QED) is 0.153. The van der Waals surface area contributed by atoms with E-state index in [4.69, 9.17) is 4.42 Å². The molecule has 0 atom stereocenters. The molecule has 184 valence electrons. The monoisotopic (exact) mass is 570 g/mol. The summed E-state index contributed by atoms with van der Waals surface area (Å²) in [6, 6.07) is 25.2. The molecule has 0 fully saturated rings. The minimum atomic E-state index is -0.309. The van der Waals surface area contributed by atoms with Crippen molar-refractivity contribution in [1.82, 2.24) is 10.4 Å². The van der Waals surface area contributed by atoms with Crippen LogP contribution in [0.4, 0.5) is 10.8 Å². The van der Waals surface area contributed by atoms with E-state index in [0.29, 0.717) is 11.3 Å². The molecule has 0 aliphatic rings. The molecule has 0 radical (unpaired) electrons. The molecule has 0 aliphatic carbocycles. The fourth-order valence-corrected chi connectivity index (χ4v) is 5.05. The SMILES string of the molecule is Cc1ccc(Nc2nc(-c3ccc(C(=O)N/N=C\c4ccc(-c5ccc(C)cc5Br)o4)cc3)cs2)cc1. The molecule has 2 heterocycles. The van der Waals surface area contributed by atoms with Gasteiger partial charge in [-0.3, -0.25) is 4.79 Å². The number of benzene rings is 3. The van der Waals surface area contributed by atoms with Gasteiger partial charge in [-0.15, -0.1) is 11.3 Å². The molecule has 6 nitrogen and oxygen atoms in total. The molecule has 2 aromatic heterocycles. The number of hydrogen-bond acceptors (Lipinski definition) is 6. The van der Waals surface area contributed by atoms with Crippen LogP contribution in [0.2, 0.25) is 0 Å². The Morgan fingerprint density at radius 2 is 1.73 bits per heavy atom. The Bertz CT molecular complexity index is 1570. The van der Waals surface area contributed by atoms with Gasteiger partial charge in [-0.2, -0.15) is 5.10 Å². The average molecular weight is 572 g/mol. The summed E-state index contributed by atoms with van der Waals surface area (Å²) >= 11 is 5.10. The lowest BCUT2D eigenvalue weighted by molar-refractivity contribution is 0.0955. The van der Waals surface area contributed by atoms with E-state index in [9.17, 15) is 4.79 Å². The van der Waals surface area contributed by atoms with Gasteiger partial charge in [0.1, 0.15) is 11.5 Å². The number of amides is 1. The molecular formula is C29H23BrN4O2S. The standard InChI is InChI=1S/C29H23BrN4O2S/c1-18-3-10-22(11-4-18)32-29-33-26(17-37-29)20-6-8-21(9-7-20)28(35)34-31-16-23-12-14-27(36-23)24-13-5-19(2)15-25(24)30/h3-17H,1-2H3,(H,32,33)(H,34,35)/b31-16-. The maximum Gasteiger partial charge on any atom is 0.271 e. The number of hydrazone groups is 1. The van der Waals surface area contributed by atoms with E-state index in [1.807, 2.05) is 66.9 Å². The topological polar surface area (TPSA) is 79.5 Å². The number of anilines is 2. The van der Waals surface area contributed by atoms with Crippen molar-refractivity contribution in [3.05, 3.63) is 111 Å². The van der Waals surface area contributed by atoms with E-state index in [0.717, 1.165) is 43.4 Å². The van der Waals surface area contributed by atoms with Gasteiger partial charge in [-0.1, -0.05) is 51.8 Å². The van der Waals surface area contributed by atoms with Crippen LogP contribution < -0.4 is 10.7 Å². The average Bonchev–Trinajstić information content (AvgIpc) is 3.55.